The molecule has 2 aliphatic rings. The van der Waals surface area contributed by atoms with E-state index in [4.69, 9.17) is 4.74 Å². The van der Waals surface area contributed by atoms with Crippen LogP contribution in [0.5, 0.6) is 11.5 Å². The first kappa shape index (κ1) is 12.4. The second kappa shape index (κ2) is 4.61. The maximum absolute atomic E-state index is 9.71. The number of fused-ring (bicyclic) bond motifs is 4. The Morgan fingerprint density at radius 3 is 2.75 bits per heavy atom. The summed E-state index contributed by atoms with van der Waals surface area (Å²) in [6.07, 6.45) is 7.13. The van der Waals surface area contributed by atoms with Crippen LogP contribution >= 0.6 is 0 Å². The summed E-state index contributed by atoms with van der Waals surface area (Å²) < 4.78 is 12.0. The zero-order valence-corrected chi connectivity index (χ0v) is 12.8. The van der Waals surface area contributed by atoms with Gasteiger partial charge in [0.05, 0.1) is 0 Å². The Labute approximate surface area is 123 Å². The number of nitrogens with zero attached hydrogens (tertiary/aromatic N) is 2. The number of phenolic OH excluding ortho intramolecular Hbond substituents is 1. The summed E-state index contributed by atoms with van der Waals surface area (Å²) in [5.74, 6) is 1.10. The van der Waals surface area contributed by atoms with Crippen LogP contribution in [0.2, 0.25) is 0 Å². The summed E-state index contributed by atoms with van der Waals surface area (Å²) in [5.41, 5.74) is 1.68. The monoisotopic (exact) mass is 336 g/mol. The minimum atomic E-state index is -0.181. The van der Waals surface area contributed by atoms with Crippen LogP contribution < -0.4 is 4.74 Å². The molecule has 0 atom stereocenters. The van der Waals surface area contributed by atoms with Crippen molar-refractivity contribution in [2.45, 2.75) is 44.1 Å². The van der Waals surface area contributed by atoms with E-state index in [2.05, 4.69) is 9.19 Å². The Morgan fingerprint density at radius 1 is 1.15 bits per heavy atom. The third kappa shape index (κ3) is 1.80. The molecule has 0 saturated heterocycles. The molecule has 2 heterocycles. The standard InChI is InChI=1S/C15H16N2O2Se/c18-10-5-6-12-11(9-10)13-14(20-17-16-13)15(19-12)7-3-1-2-4-8-15/h5-6,9,18H,1-4,7-8H2. The molecule has 5 heteroatoms. The van der Waals surface area contributed by atoms with Crippen LogP contribution in [0.3, 0.4) is 0 Å². The first-order valence-corrected chi connectivity index (χ1v) is 8.76. The predicted molar refractivity (Wildman–Crippen MR) is 76.1 cm³/mol. The summed E-state index contributed by atoms with van der Waals surface area (Å²) in [6, 6.07) is 5.29. The molecule has 0 bridgehead atoms. The van der Waals surface area contributed by atoms with Crippen molar-refractivity contribution in [3.63, 3.8) is 0 Å². The molecule has 1 aliphatic carbocycles. The Hall–Kier alpha value is -1.32. The van der Waals surface area contributed by atoms with Crippen molar-refractivity contribution in [3.05, 3.63) is 22.6 Å². The van der Waals surface area contributed by atoms with E-state index in [9.17, 15) is 5.11 Å². The summed E-state index contributed by atoms with van der Waals surface area (Å²) in [6.45, 7) is 0. The van der Waals surface area contributed by atoms with E-state index in [0.29, 0.717) is 0 Å². The fraction of sp³-hybridized carbons (Fsp3) is 0.467. The number of aromatic hydroxyl groups is 1. The molecule has 0 amide bonds. The van der Waals surface area contributed by atoms with E-state index < -0.39 is 0 Å². The molecule has 4 nitrogen and oxygen atoms in total. The van der Waals surface area contributed by atoms with Crippen molar-refractivity contribution in [3.8, 4) is 22.8 Å². The van der Waals surface area contributed by atoms with E-state index in [-0.39, 0.29) is 26.1 Å². The van der Waals surface area contributed by atoms with Crippen molar-refractivity contribution < 1.29 is 9.84 Å². The van der Waals surface area contributed by atoms with Gasteiger partial charge in [-0.15, -0.1) is 0 Å². The summed E-state index contributed by atoms with van der Waals surface area (Å²) in [5, 5.41) is 14.1. The number of benzene rings is 1. The van der Waals surface area contributed by atoms with E-state index in [1.54, 1.807) is 12.1 Å². The molecule has 20 heavy (non-hydrogen) atoms. The Balaban J connectivity index is 1.89. The van der Waals surface area contributed by atoms with Gasteiger partial charge >= 0.3 is 123 Å². The van der Waals surface area contributed by atoms with Crippen LogP contribution in [0, 0.1) is 0 Å². The number of aromatic nitrogens is 2. The van der Waals surface area contributed by atoms with Gasteiger partial charge in [0.25, 0.3) is 0 Å². The van der Waals surface area contributed by atoms with Crippen LogP contribution in [0.25, 0.3) is 11.3 Å². The van der Waals surface area contributed by atoms with Crippen molar-refractivity contribution in [1.29, 1.82) is 0 Å². The molecule has 1 N–H and O–H groups in total. The molecular formula is C15H16N2O2Se. The molecule has 1 aliphatic heterocycles. The molecule has 1 aromatic heterocycles. The number of hydrogen-bond acceptors (Lipinski definition) is 4. The van der Waals surface area contributed by atoms with Gasteiger partial charge in [0, 0.05) is 0 Å². The van der Waals surface area contributed by atoms with Gasteiger partial charge < -0.3 is 0 Å². The van der Waals surface area contributed by atoms with Crippen LogP contribution in [-0.2, 0) is 5.60 Å². The normalized spacial score (nSPS) is 19.8. The molecule has 1 fully saturated rings. The Kier molecular flexibility index (Phi) is 2.86. The number of phenols is 1. The van der Waals surface area contributed by atoms with E-state index in [1.165, 1.54) is 30.1 Å². The predicted octanol–water partition coefficient (Wildman–Crippen LogP) is 2.85. The Bertz CT molecular complexity index is 645. The van der Waals surface area contributed by atoms with Gasteiger partial charge in [0.15, 0.2) is 0 Å². The van der Waals surface area contributed by atoms with Gasteiger partial charge in [-0.3, -0.25) is 0 Å². The molecule has 1 saturated carbocycles. The second-order valence-electron chi connectivity index (χ2n) is 5.64. The molecule has 0 radical (unpaired) electrons. The molecule has 2 aromatic rings. The van der Waals surface area contributed by atoms with Crippen molar-refractivity contribution >= 4 is 14.7 Å². The number of rotatable bonds is 0. The van der Waals surface area contributed by atoms with E-state index >= 15 is 0 Å². The van der Waals surface area contributed by atoms with Gasteiger partial charge in [-0.1, -0.05) is 0 Å². The average Bonchev–Trinajstić information content (AvgIpc) is 2.84. The van der Waals surface area contributed by atoms with Gasteiger partial charge in [0.2, 0.25) is 0 Å². The summed E-state index contributed by atoms with van der Waals surface area (Å²) >= 11 is 0.0445. The first-order chi connectivity index (χ1) is 9.78. The van der Waals surface area contributed by atoms with Crippen molar-refractivity contribution in [2.24, 2.45) is 0 Å². The van der Waals surface area contributed by atoms with Crippen LogP contribution in [-0.4, -0.2) is 29.0 Å². The zero-order chi connectivity index (χ0) is 13.6. The van der Waals surface area contributed by atoms with Gasteiger partial charge in [-0.05, 0) is 0 Å². The maximum atomic E-state index is 9.71. The fourth-order valence-corrected chi connectivity index (χ4v) is 5.13. The molecule has 1 aromatic carbocycles. The third-order valence-corrected chi connectivity index (χ3v) is 6.25. The minimum absolute atomic E-state index is 0.0445. The van der Waals surface area contributed by atoms with Crippen molar-refractivity contribution in [1.82, 2.24) is 9.19 Å². The van der Waals surface area contributed by atoms with Gasteiger partial charge in [-0.25, -0.2) is 0 Å². The average molecular weight is 335 g/mol. The van der Waals surface area contributed by atoms with Gasteiger partial charge in [0.1, 0.15) is 0 Å². The Morgan fingerprint density at radius 2 is 1.95 bits per heavy atom. The van der Waals surface area contributed by atoms with Gasteiger partial charge in [-0.2, -0.15) is 0 Å². The molecule has 1 spiro atoms. The summed E-state index contributed by atoms with van der Waals surface area (Å²) in [7, 11) is 0. The fourth-order valence-electron chi connectivity index (χ4n) is 3.34. The quantitative estimate of drug-likeness (QED) is 0.752. The number of ether oxygens (including phenoxy) is 1. The van der Waals surface area contributed by atoms with Crippen molar-refractivity contribution in [2.75, 3.05) is 0 Å². The first-order valence-electron chi connectivity index (χ1n) is 7.14. The molecule has 104 valence electrons. The SMILES string of the molecule is Oc1ccc2c(c1)-c1nn[se]c1C1(CCCCCC1)O2. The zero-order valence-electron chi connectivity index (χ0n) is 11.1. The van der Waals surface area contributed by atoms with E-state index in [0.717, 1.165) is 29.8 Å². The summed E-state index contributed by atoms with van der Waals surface area (Å²) in [4.78, 5) is 0. The molecular weight excluding hydrogens is 319 g/mol. The van der Waals surface area contributed by atoms with Crippen LogP contribution in [0.1, 0.15) is 43.0 Å². The van der Waals surface area contributed by atoms with Crippen LogP contribution in [0.4, 0.5) is 0 Å². The topological polar surface area (TPSA) is 55.2 Å². The van der Waals surface area contributed by atoms with Crippen LogP contribution in [0.15, 0.2) is 18.2 Å². The molecule has 0 unspecified atom stereocenters. The number of hydrogen-bond donors (Lipinski definition) is 1. The van der Waals surface area contributed by atoms with E-state index in [1.807, 2.05) is 6.07 Å². The second-order valence-corrected chi connectivity index (χ2v) is 7.22. The third-order valence-electron chi connectivity index (χ3n) is 4.34. The molecule has 4 rings (SSSR count).